The molecule has 0 spiro atoms. The number of hydrogen-bond donors (Lipinski definition) is 3. The lowest BCUT2D eigenvalue weighted by Gasteiger charge is -2.15. The van der Waals surface area contributed by atoms with Crippen LogP contribution in [0.25, 0.3) is 0 Å². The Labute approximate surface area is 169 Å². The van der Waals surface area contributed by atoms with Gasteiger partial charge in [0.05, 0.1) is 7.11 Å². The van der Waals surface area contributed by atoms with Crippen molar-refractivity contribution < 1.29 is 9.84 Å². The van der Waals surface area contributed by atoms with Crippen LogP contribution in [0.2, 0.25) is 0 Å². The fourth-order valence-electron chi connectivity index (χ4n) is 2.63. The van der Waals surface area contributed by atoms with Crippen LogP contribution in [0.15, 0.2) is 29.3 Å². The molecule has 1 rings (SSSR count). The van der Waals surface area contributed by atoms with Crippen LogP contribution in [-0.2, 0) is 6.42 Å². The Hall–Kier alpha value is -1.02. The van der Waals surface area contributed by atoms with Crippen molar-refractivity contribution in [3.05, 3.63) is 29.8 Å². The number of halogens is 1. The van der Waals surface area contributed by atoms with Gasteiger partial charge in [0.2, 0.25) is 0 Å². The van der Waals surface area contributed by atoms with Gasteiger partial charge in [-0.2, -0.15) is 0 Å². The second-order valence-corrected chi connectivity index (χ2v) is 5.91. The molecule has 0 saturated heterocycles. The zero-order valence-corrected chi connectivity index (χ0v) is 18.1. The minimum atomic E-state index is 0. The molecule has 1 aromatic rings. The van der Waals surface area contributed by atoms with Gasteiger partial charge in [-0.3, -0.25) is 4.99 Å². The van der Waals surface area contributed by atoms with Gasteiger partial charge in [0.1, 0.15) is 5.75 Å². The summed E-state index contributed by atoms with van der Waals surface area (Å²) in [7, 11) is 1.69. The molecule has 0 aromatic heterocycles. The van der Waals surface area contributed by atoms with Crippen molar-refractivity contribution in [3.63, 3.8) is 0 Å². The minimum absolute atomic E-state index is 0. The monoisotopic (exact) mass is 463 g/mol. The summed E-state index contributed by atoms with van der Waals surface area (Å²) < 4.78 is 5.25. The van der Waals surface area contributed by atoms with Gasteiger partial charge in [0.25, 0.3) is 0 Å². The molecule has 0 amide bonds. The van der Waals surface area contributed by atoms with Crippen molar-refractivity contribution in [2.75, 3.05) is 33.4 Å². The van der Waals surface area contributed by atoms with E-state index < -0.39 is 0 Å². The SMILES string of the molecule is CCCC(CCO)CN=C(NCC)NCCc1cccc(OC)c1.I. The van der Waals surface area contributed by atoms with E-state index in [9.17, 15) is 0 Å². The molecule has 3 N–H and O–H groups in total. The van der Waals surface area contributed by atoms with Crippen LogP contribution in [0.1, 0.15) is 38.7 Å². The molecule has 1 atom stereocenters. The van der Waals surface area contributed by atoms with Crippen LogP contribution >= 0.6 is 24.0 Å². The molecule has 1 unspecified atom stereocenters. The van der Waals surface area contributed by atoms with E-state index in [0.29, 0.717) is 5.92 Å². The van der Waals surface area contributed by atoms with E-state index in [1.54, 1.807) is 7.11 Å². The van der Waals surface area contributed by atoms with Crippen molar-refractivity contribution in [2.45, 2.75) is 39.5 Å². The van der Waals surface area contributed by atoms with Gasteiger partial charge in [0.15, 0.2) is 5.96 Å². The summed E-state index contributed by atoms with van der Waals surface area (Å²) in [4.78, 5) is 4.67. The van der Waals surface area contributed by atoms with Crippen molar-refractivity contribution in [1.82, 2.24) is 10.6 Å². The Morgan fingerprint density at radius 2 is 2.04 bits per heavy atom. The van der Waals surface area contributed by atoms with Gasteiger partial charge < -0.3 is 20.5 Å². The molecule has 0 aliphatic heterocycles. The van der Waals surface area contributed by atoms with Crippen LogP contribution in [0, 0.1) is 5.92 Å². The number of guanidine groups is 1. The quantitative estimate of drug-likeness (QED) is 0.268. The third-order valence-corrected chi connectivity index (χ3v) is 3.93. The molecule has 144 valence electrons. The number of hydrogen-bond acceptors (Lipinski definition) is 3. The van der Waals surface area contributed by atoms with Gasteiger partial charge in [-0.15, -0.1) is 24.0 Å². The maximum Gasteiger partial charge on any atom is 0.191 e. The molecule has 0 heterocycles. The van der Waals surface area contributed by atoms with Crippen molar-refractivity contribution in [1.29, 1.82) is 0 Å². The highest BCUT2D eigenvalue weighted by molar-refractivity contribution is 14.0. The van der Waals surface area contributed by atoms with E-state index in [2.05, 4.69) is 41.6 Å². The first-order valence-electron chi connectivity index (χ1n) is 8.99. The highest BCUT2D eigenvalue weighted by Crippen LogP contribution is 2.13. The van der Waals surface area contributed by atoms with Crippen LogP contribution in [0.4, 0.5) is 0 Å². The topological polar surface area (TPSA) is 65.9 Å². The Morgan fingerprint density at radius 3 is 2.68 bits per heavy atom. The normalized spacial score (nSPS) is 12.2. The number of aliphatic hydroxyl groups excluding tert-OH is 1. The Bertz CT molecular complexity index is 477. The molecule has 0 aliphatic rings. The van der Waals surface area contributed by atoms with Gasteiger partial charge in [-0.05, 0) is 49.8 Å². The second-order valence-electron chi connectivity index (χ2n) is 5.91. The predicted molar refractivity (Wildman–Crippen MR) is 116 cm³/mol. The molecular weight excluding hydrogens is 429 g/mol. The summed E-state index contributed by atoms with van der Waals surface area (Å²) in [5.41, 5.74) is 1.24. The largest absolute Gasteiger partial charge is 0.497 e. The minimum Gasteiger partial charge on any atom is -0.497 e. The van der Waals surface area contributed by atoms with E-state index in [0.717, 1.165) is 57.0 Å². The van der Waals surface area contributed by atoms with Crippen LogP contribution in [0.3, 0.4) is 0 Å². The van der Waals surface area contributed by atoms with E-state index in [1.165, 1.54) is 5.56 Å². The molecule has 0 radical (unpaired) electrons. The number of rotatable bonds is 11. The standard InChI is InChI=1S/C19H33N3O2.HI/c1-4-7-17(11-13-23)15-22-19(20-5-2)21-12-10-16-8-6-9-18(14-16)24-3;/h6,8-9,14,17,23H,4-5,7,10-13,15H2,1-3H3,(H2,20,21,22);1H. The fraction of sp³-hybridized carbons (Fsp3) is 0.632. The molecule has 25 heavy (non-hydrogen) atoms. The summed E-state index contributed by atoms with van der Waals surface area (Å²) in [6.45, 7) is 6.88. The number of aliphatic imine (C=N–C) groups is 1. The van der Waals surface area contributed by atoms with E-state index in [1.807, 2.05) is 12.1 Å². The van der Waals surface area contributed by atoms with E-state index >= 15 is 0 Å². The third-order valence-electron chi connectivity index (χ3n) is 3.93. The average Bonchev–Trinajstić information content (AvgIpc) is 2.60. The molecule has 0 saturated carbocycles. The molecule has 0 aliphatic carbocycles. The highest BCUT2D eigenvalue weighted by Gasteiger charge is 2.07. The first-order valence-corrected chi connectivity index (χ1v) is 8.99. The summed E-state index contributed by atoms with van der Waals surface area (Å²) >= 11 is 0. The molecular formula is C19H34IN3O2. The van der Waals surface area contributed by atoms with Crippen molar-refractivity contribution in [2.24, 2.45) is 10.9 Å². The number of benzene rings is 1. The van der Waals surface area contributed by atoms with Gasteiger partial charge in [-0.1, -0.05) is 25.5 Å². The molecule has 0 fully saturated rings. The second kappa shape index (κ2) is 15.3. The Kier molecular flexibility index (Phi) is 14.6. The number of aliphatic hydroxyl groups is 1. The molecule has 6 heteroatoms. The van der Waals surface area contributed by atoms with Gasteiger partial charge >= 0.3 is 0 Å². The van der Waals surface area contributed by atoms with Gasteiger partial charge in [-0.25, -0.2) is 0 Å². The zero-order chi connectivity index (χ0) is 17.6. The Balaban J connectivity index is 0.00000576. The van der Waals surface area contributed by atoms with Crippen LogP contribution < -0.4 is 15.4 Å². The lowest BCUT2D eigenvalue weighted by molar-refractivity contribution is 0.253. The first-order chi connectivity index (χ1) is 11.7. The number of nitrogens with one attached hydrogen (secondary N) is 2. The third kappa shape index (κ3) is 10.5. The molecule has 0 bridgehead atoms. The summed E-state index contributed by atoms with van der Waals surface area (Å²) in [5, 5.41) is 15.8. The number of nitrogens with zero attached hydrogens (tertiary/aromatic N) is 1. The van der Waals surface area contributed by atoms with Crippen molar-refractivity contribution >= 4 is 29.9 Å². The highest BCUT2D eigenvalue weighted by atomic mass is 127. The Morgan fingerprint density at radius 1 is 1.24 bits per heavy atom. The van der Waals surface area contributed by atoms with Crippen LogP contribution in [-0.4, -0.2) is 44.4 Å². The van der Waals surface area contributed by atoms with Crippen LogP contribution in [0.5, 0.6) is 5.75 Å². The molecule has 1 aromatic carbocycles. The molecule has 5 nitrogen and oxygen atoms in total. The summed E-state index contributed by atoms with van der Waals surface area (Å²) in [5.74, 6) is 2.19. The first kappa shape index (κ1) is 24.0. The number of ether oxygens (including phenoxy) is 1. The summed E-state index contributed by atoms with van der Waals surface area (Å²) in [6, 6.07) is 8.13. The van der Waals surface area contributed by atoms with E-state index in [-0.39, 0.29) is 30.6 Å². The summed E-state index contributed by atoms with van der Waals surface area (Å²) in [6.07, 6.45) is 3.96. The predicted octanol–water partition coefficient (Wildman–Crippen LogP) is 3.21. The van der Waals surface area contributed by atoms with Gasteiger partial charge in [0, 0.05) is 26.2 Å². The average molecular weight is 463 g/mol. The maximum atomic E-state index is 9.15. The lowest BCUT2D eigenvalue weighted by Crippen LogP contribution is -2.38. The maximum absolute atomic E-state index is 9.15. The van der Waals surface area contributed by atoms with Crippen molar-refractivity contribution in [3.8, 4) is 5.75 Å². The zero-order valence-electron chi connectivity index (χ0n) is 15.8. The lowest BCUT2D eigenvalue weighted by atomic mass is 10.0. The fourth-order valence-corrected chi connectivity index (χ4v) is 2.63. The number of methoxy groups -OCH3 is 1. The smallest absolute Gasteiger partial charge is 0.191 e. The van der Waals surface area contributed by atoms with E-state index in [4.69, 9.17) is 9.84 Å².